The predicted octanol–water partition coefficient (Wildman–Crippen LogP) is 1.93. The summed E-state index contributed by atoms with van der Waals surface area (Å²) in [6, 6.07) is 2.11. The van der Waals surface area contributed by atoms with Gasteiger partial charge in [-0.1, -0.05) is 15.9 Å². The number of rotatable bonds is 3. The predicted molar refractivity (Wildman–Crippen MR) is 78.0 cm³/mol. The minimum Gasteiger partial charge on any atom is -0.454 e. The summed E-state index contributed by atoms with van der Waals surface area (Å²) >= 11 is 3.69. The van der Waals surface area contributed by atoms with E-state index in [2.05, 4.69) is 39.1 Å². The Bertz CT molecular complexity index is 473. The van der Waals surface area contributed by atoms with Gasteiger partial charge in [0.15, 0.2) is 11.5 Å². The van der Waals surface area contributed by atoms with Crippen molar-refractivity contribution in [2.45, 2.75) is 13.3 Å². The average molecular weight is 327 g/mol. The fourth-order valence-electron chi connectivity index (χ4n) is 2.65. The maximum Gasteiger partial charge on any atom is 0.231 e. The number of benzene rings is 1. The summed E-state index contributed by atoms with van der Waals surface area (Å²) in [5, 5.41) is 3.38. The summed E-state index contributed by atoms with van der Waals surface area (Å²) in [5.74, 6) is 1.77. The molecule has 0 radical (unpaired) electrons. The third-order valence-corrected chi connectivity index (χ3v) is 4.91. The Morgan fingerprint density at radius 3 is 2.89 bits per heavy atom. The second kappa shape index (κ2) is 5.69. The number of hydrogen-bond acceptors (Lipinski definition) is 4. The molecule has 0 unspecified atom stereocenters. The van der Waals surface area contributed by atoms with Gasteiger partial charge in [0.1, 0.15) is 0 Å². The minimum absolute atomic E-state index is 0.337. The molecule has 1 aromatic rings. The van der Waals surface area contributed by atoms with Crippen LogP contribution >= 0.6 is 15.9 Å². The zero-order valence-electron chi connectivity index (χ0n) is 11.2. The van der Waals surface area contributed by atoms with Gasteiger partial charge in [0.25, 0.3) is 0 Å². The molecule has 0 aliphatic carbocycles. The molecular weight excluding hydrogens is 308 g/mol. The molecule has 0 spiro atoms. The fourth-order valence-corrected chi connectivity index (χ4v) is 3.14. The second-order valence-electron chi connectivity index (χ2n) is 5.05. The van der Waals surface area contributed by atoms with Crippen LogP contribution in [0, 0.1) is 6.92 Å². The fraction of sp³-hybridized carbons (Fsp3) is 0.571. The Morgan fingerprint density at radius 2 is 2.11 bits per heavy atom. The Hall–Kier alpha value is -0.780. The van der Waals surface area contributed by atoms with Crippen LogP contribution in [0.15, 0.2) is 10.5 Å². The van der Waals surface area contributed by atoms with Crippen LogP contribution in [0.2, 0.25) is 0 Å². The van der Waals surface area contributed by atoms with E-state index in [-0.39, 0.29) is 0 Å². The van der Waals surface area contributed by atoms with Crippen molar-refractivity contribution in [3.63, 3.8) is 0 Å². The first kappa shape index (κ1) is 13.2. The standard InChI is InChI=1S/C14H19BrN2O2/c1-10-13(15)11(8-12-14(10)19-9-18-12)2-5-17-6-3-16-4-7-17/h8,16H,2-7,9H2,1H3. The van der Waals surface area contributed by atoms with Gasteiger partial charge >= 0.3 is 0 Å². The molecule has 0 amide bonds. The lowest BCUT2D eigenvalue weighted by Gasteiger charge is -2.27. The Labute approximate surface area is 122 Å². The highest BCUT2D eigenvalue weighted by molar-refractivity contribution is 9.10. The van der Waals surface area contributed by atoms with Crippen LogP contribution in [0.1, 0.15) is 11.1 Å². The molecule has 0 atom stereocenters. The largest absolute Gasteiger partial charge is 0.454 e. The number of nitrogens with one attached hydrogen (secondary N) is 1. The molecule has 1 N–H and O–H groups in total. The van der Waals surface area contributed by atoms with Crippen LogP contribution < -0.4 is 14.8 Å². The molecule has 0 aromatic heterocycles. The van der Waals surface area contributed by atoms with E-state index in [0.717, 1.165) is 60.7 Å². The number of halogens is 1. The van der Waals surface area contributed by atoms with Gasteiger partial charge in [-0.3, -0.25) is 0 Å². The third kappa shape index (κ3) is 2.73. The third-order valence-electron chi connectivity index (χ3n) is 3.81. The van der Waals surface area contributed by atoms with Crippen LogP contribution in [0.25, 0.3) is 0 Å². The van der Waals surface area contributed by atoms with Crippen molar-refractivity contribution in [3.05, 3.63) is 21.7 Å². The summed E-state index contributed by atoms with van der Waals surface area (Å²) in [6.07, 6.45) is 1.04. The van der Waals surface area contributed by atoms with Crippen LogP contribution in [0.5, 0.6) is 11.5 Å². The van der Waals surface area contributed by atoms with Crippen molar-refractivity contribution in [1.29, 1.82) is 0 Å². The number of ether oxygens (including phenoxy) is 2. The molecular formula is C14H19BrN2O2. The van der Waals surface area contributed by atoms with Crippen molar-refractivity contribution >= 4 is 15.9 Å². The first-order valence-corrected chi connectivity index (χ1v) is 7.55. The van der Waals surface area contributed by atoms with Crippen LogP contribution in [0.4, 0.5) is 0 Å². The zero-order valence-corrected chi connectivity index (χ0v) is 12.8. The van der Waals surface area contributed by atoms with Crippen LogP contribution in [-0.2, 0) is 6.42 Å². The molecule has 1 fully saturated rings. The molecule has 0 saturated carbocycles. The van der Waals surface area contributed by atoms with Gasteiger partial charge in [-0.25, -0.2) is 0 Å². The van der Waals surface area contributed by atoms with Gasteiger partial charge in [0, 0.05) is 42.8 Å². The highest BCUT2D eigenvalue weighted by Crippen LogP contribution is 2.41. The van der Waals surface area contributed by atoms with Crippen molar-refractivity contribution in [1.82, 2.24) is 10.2 Å². The zero-order chi connectivity index (χ0) is 13.2. The Morgan fingerprint density at radius 1 is 1.32 bits per heavy atom. The Kier molecular flexibility index (Phi) is 3.96. The lowest BCUT2D eigenvalue weighted by Crippen LogP contribution is -2.44. The minimum atomic E-state index is 0.337. The number of hydrogen-bond donors (Lipinski definition) is 1. The van der Waals surface area contributed by atoms with E-state index in [4.69, 9.17) is 9.47 Å². The van der Waals surface area contributed by atoms with Crippen LogP contribution in [0.3, 0.4) is 0 Å². The molecule has 19 heavy (non-hydrogen) atoms. The summed E-state index contributed by atoms with van der Waals surface area (Å²) in [6.45, 7) is 7.99. The van der Waals surface area contributed by atoms with E-state index in [9.17, 15) is 0 Å². The quantitative estimate of drug-likeness (QED) is 0.920. The van der Waals surface area contributed by atoms with Gasteiger partial charge in [-0.05, 0) is 25.0 Å². The maximum atomic E-state index is 5.50. The van der Waals surface area contributed by atoms with E-state index >= 15 is 0 Å². The van der Waals surface area contributed by atoms with Crippen LogP contribution in [-0.4, -0.2) is 44.4 Å². The van der Waals surface area contributed by atoms with Crippen molar-refractivity contribution in [3.8, 4) is 11.5 Å². The smallest absolute Gasteiger partial charge is 0.231 e. The van der Waals surface area contributed by atoms with Crippen molar-refractivity contribution in [2.75, 3.05) is 39.5 Å². The van der Waals surface area contributed by atoms with E-state index in [0.29, 0.717) is 6.79 Å². The van der Waals surface area contributed by atoms with Crippen molar-refractivity contribution < 1.29 is 9.47 Å². The van der Waals surface area contributed by atoms with Crippen molar-refractivity contribution in [2.24, 2.45) is 0 Å². The van der Waals surface area contributed by atoms with Gasteiger partial charge in [-0.15, -0.1) is 0 Å². The molecule has 0 bridgehead atoms. The Balaban J connectivity index is 1.72. The number of fused-ring (bicyclic) bond motifs is 1. The SMILES string of the molecule is Cc1c(Br)c(CCN2CCNCC2)cc2c1OCO2. The lowest BCUT2D eigenvalue weighted by atomic mass is 10.1. The maximum absolute atomic E-state index is 5.50. The topological polar surface area (TPSA) is 33.7 Å². The summed E-state index contributed by atoms with van der Waals surface area (Å²) < 4.78 is 12.1. The molecule has 1 saturated heterocycles. The average Bonchev–Trinajstić information content (AvgIpc) is 2.91. The number of piperazine rings is 1. The van der Waals surface area contributed by atoms with E-state index in [1.807, 2.05) is 0 Å². The summed E-state index contributed by atoms with van der Waals surface area (Å²) in [5.41, 5.74) is 2.45. The summed E-state index contributed by atoms with van der Waals surface area (Å²) in [4.78, 5) is 2.50. The molecule has 1 aromatic carbocycles. The van der Waals surface area contributed by atoms with E-state index in [1.165, 1.54) is 5.56 Å². The lowest BCUT2D eigenvalue weighted by molar-refractivity contribution is 0.173. The monoisotopic (exact) mass is 326 g/mol. The first-order valence-electron chi connectivity index (χ1n) is 6.76. The number of nitrogens with zero attached hydrogens (tertiary/aromatic N) is 1. The van der Waals surface area contributed by atoms with Gasteiger partial charge < -0.3 is 19.7 Å². The molecule has 3 rings (SSSR count). The molecule has 2 aliphatic rings. The molecule has 104 valence electrons. The van der Waals surface area contributed by atoms with E-state index < -0.39 is 0 Å². The summed E-state index contributed by atoms with van der Waals surface area (Å²) in [7, 11) is 0. The van der Waals surface area contributed by atoms with Gasteiger partial charge in [-0.2, -0.15) is 0 Å². The second-order valence-corrected chi connectivity index (χ2v) is 5.84. The molecule has 4 nitrogen and oxygen atoms in total. The van der Waals surface area contributed by atoms with Gasteiger partial charge in [0.05, 0.1) is 0 Å². The molecule has 5 heteroatoms. The molecule has 2 heterocycles. The highest BCUT2D eigenvalue weighted by atomic mass is 79.9. The van der Waals surface area contributed by atoms with E-state index in [1.54, 1.807) is 0 Å². The van der Waals surface area contributed by atoms with Gasteiger partial charge in [0.2, 0.25) is 6.79 Å². The highest BCUT2D eigenvalue weighted by Gasteiger charge is 2.21. The first-order chi connectivity index (χ1) is 9.25. The normalized spacial score (nSPS) is 18.8. The molecule has 2 aliphatic heterocycles.